The lowest BCUT2D eigenvalue weighted by Crippen LogP contribution is -2.13. The number of alkyl halides is 1. The van der Waals surface area contributed by atoms with Crippen LogP contribution in [-0.4, -0.2) is 20.3 Å². The normalized spacial score (nSPS) is 11.0. The number of aromatic nitrogens is 3. The van der Waals surface area contributed by atoms with E-state index < -0.39 is 12.6 Å². The zero-order valence-electron chi connectivity index (χ0n) is 10.8. The zero-order chi connectivity index (χ0) is 15.0. The first-order valence-electron chi connectivity index (χ1n) is 6.08. The van der Waals surface area contributed by atoms with Crippen LogP contribution in [0, 0.1) is 0 Å². The molecule has 0 radical (unpaired) electrons. The van der Waals surface area contributed by atoms with Gasteiger partial charge in [0, 0.05) is 23.5 Å². The highest BCUT2D eigenvalue weighted by Gasteiger charge is 2.11. The number of nitrogens with two attached hydrogens (primary N) is 1. The van der Waals surface area contributed by atoms with E-state index in [9.17, 15) is 9.18 Å². The predicted molar refractivity (Wildman–Crippen MR) is 79.5 cm³/mol. The van der Waals surface area contributed by atoms with Crippen LogP contribution in [0.2, 0.25) is 0 Å². The number of nitrogens with zero attached hydrogens (tertiary/aromatic N) is 3. The Kier molecular flexibility index (Phi) is 3.42. The zero-order valence-corrected chi connectivity index (χ0v) is 12.3. The molecule has 21 heavy (non-hydrogen) atoms. The molecule has 5 nitrogen and oxygen atoms in total. The Morgan fingerprint density at radius 3 is 2.76 bits per heavy atom. The van der Waals surface area contributed by atoms with Gasteiger partial charge in [-0.25, -0.2) is 14.4 Å². The average molecular weight is 349 g/mol. The van der Waals surface area contributed by atoms with Crippen molar-refractivity contribution in [1.29, 1.82) is 0 Å². The van der Waals surface area contributed by atoms with Crippen molar-refractivity contribution in [3.63, 3.8) is 0 Å². The molecule has 0 aliphatic heterocycles. The van der Waals surface area contributed by atoms with Crippen molar-refractivity contribution in [3.05, 3.63) is 52.5 Å². The van der Waals surface area contributed by atoms with E-state index >= 15 is 0 Å². The van der Waals surface area contributed by atoms with Crippen LogP contribution in [0.4, 0.5) is 4.39 Å². The van der Waals surface area contributed by atoms with E-state index in [-0.39, 0.29) is 11.1 Å². The molecule has 106 valence electrons. The Morgan fingerprint density at radius 1 is 1.29 bits per heavy atom. The van der Waals surface area contributed by atoms with Gasteiger partial charge in [-0.3, -0.25) is 9.20 Å². The van der Waals surface area contributed by atoms with Crippen LogP contribution >= 0.6 is 15.9 Å². The van der Waals surface area contributed by atoms with Crippen LogP contribution in [0.15, 0.2) is 41.4 Å². The molecular formula is C14H10BrFN4O. The Labute approximate surface area is 127 Å². The van der Waals surface area contributed by atoms with Gasteiger partial charge >= 0.3 is 0 Å². The fourth-order valence-electron chi connectivity index (χ4n) is 2.12. The highest BCUT2D eigenvalue weighted by molar-refractivity contribution is 9.10. The molecule has 3 aromatic rings. The van der Waals surface area contributed by atoms with E-state index in [2.05, 4.69) is 25.9 Å². The van der Waals surface area contributed by atoms with Gasteiger partial charge in [0.15, 0.2) is 0 Å². The minimum atomic E-state index is -0.753. The van der Waals surface area contributed by atoms with Crippen molar-refractivity contribution in [2.24, 2.45) is 5.73 Å². The minimum Gasteiger partial charge on any atom is -0.366 e. The largest absolute Gasteiger partial charge is 0.366 e. The number of fused-ring (bicyclic) bond motifs is 1. The van der Waals surface area contributed by atoms with Crippen molar-refractivity contribution in [3.8, 4) is 11.1 Å². The summed E-state index contributed by atoms with van der Waals surface area (Å²) in [6.07, 6.45) is 5.13. The highest BCUT2D eigenvalue weighted by atomic mass is 79.9. The molecule has 0 fully saturated rings. The lowest BCUT2D eigenvalue weighted by atomic mass is 10.0. The fraction of sp³-hybridized carbons (Fsp3) is 0.0714. The van der Waals surface area contributed by atoms with Crippen molar-refractivity contribution in [2.45, 2.75) is 6.67 Å². The summed E-state index contributed by atoms with van der Waals surface area (Å²) in [5, 5.41) is 0. The van der Waals surface area contributed by atoms with Crippen LogP contribution in [0.1, 0.15) is 15.9 Å². The first-order valence-corrected chi connectivity index (χ1v) is 6.87. The second kappa shape index (κ2) is 5.25. The van der Waals surface area contributed by atoms with E-state index in [1.165, 1.54) is 6.07 Å². The lowest BCUT2D eigenvalue weighted by molar-refractivity contribution is 0.0998. The molecule has 7 heteroatoms. The maximum atomic E-state index is 13.1. The van der Waals surface area contributed by atoms with Gasteiger partial charge in [-0.15, -0.1) is 0 Å². The molecule has 0 aliphatic rings. The monoisotopic (exact) mass is 348 g/mol. The maximum Gasteiger partial charge on any atom is 0.249 e. The summed E-state index contributed by atoms with van der Waals surface area (Å²) < 4.78 is 15.6. The highest BCUT2D eigenvalue weighted by Crippen LogP contribution is 2.24. The summed E-state index contributed by atoms with van der Waals surface area (Å²) >= 11 is 3.37. The van der Waals surface area contributed by atoms with Gasteiger partial charge in [0.25, 0.3) is 0 Å². The van der Waals surface area contributed by atoms with Gasteiger partial charge in [0.1, 0.15) is 11.3 Å². The number of amides is 1. The molecule has 0 aliphatic carbocycles. The Bertz CT molecular complexity index is 846. The second-order valence-corrected chi connectivity index (χ2v) is 5.28. The predicted octanol–water partition coefficient (Wildman–Crippen LogP) is 2.73. The quantitative estimate of drug-likeness (QED) is 0.790. The summed E-state index contributed by atoms with van der Waals surface area (Å²) in [5.41, 5.74) is 7.22. The standard InChI is InChI=1S/C14H10BrFN4O/c15-12-6-19-14-18-5-10(7-20(12)14)8-1-2-11(13(17)21)9(3-8)4-16/h1-3,5-7H,4H2,(H2,17,21). The number of carbonyl (C=O) groups excluding carboxylic acids is 1. The van der Waals surface area contributed by atoms with E-state index in [0.29, 0.717) is 5.78 Å². The number of benzene rings is 1. The molecule has 2 heterocycles. The molecule has 0 atom stereocenters. The molecule has 0 saturated carbocycles. The van der Waals surface area contributed by atoms with Crippen molar-refractivity contribution < 1.29 is 9.18 Å². The molecule has 1 amide bonds. The number of imidazole rings is 1. The first-order chi connectivity index (χ1) is 10.1. The molecule has 3 rings (SSSR count). The van der Waals surface area contributed by atoms with Crippen molar-refractivity contribution in [1.82, 2.24) is 14.4 Å². The summed E-state index contributed by atoms with van der Waals surface area (Å²) in [4.78, 5) is 19.6. The number of rotatable bonds is 3. The van der Waals surface area contributed by atoms with Gasteiger partial charge in [-0.1, -0.05) is 6.07 Å². The second-order valence-electron chi connectivity index (χ2n) is 4.46. The van der Waals surface area contributed by atoms with Crippen LogP contribution in [0.5, 0.6) is 0 Å². The summed E-state index contributed by atoms with van der Waals surface area (Å²) in [5.74, 6) is -0.0785. The molecule has 2 aromatic heterocycles. The molecule has 0 saturated heterocycles. The van der Waals surface area contributed by atoms with E-state index in [0.717, 1.165) is 15.7 Å². The fourth-order valence-corrected chi connectivity index (χ4v) is 2.48. The van der Waals surface area contributed by atoms with Gasteiger partial charge in [-0.05, 0) is 39.2 Å². The topological polar surface area (TPSA) is 73.3 Å². The van der Waals surface area contributed by atoms with E-state index in [4.69, 9.17) is 5.73 Å². The third-order valence-electron chi connectivity index (χ3n) is 3.17. The molecule has 2 N–H and O–H groups in total. The number of halogens is 2. The van der Waals surface area contributed by atoms with Gasteiger partial charge in [0.05, 0.1) is 6.20 Å². The Morgan fingerprint density at radius 2 is 2.05 bits per heavy atom. The third-order valence-corrected chi connectivity index (χ3v) is 3.75. The van der Waals surface area contributed by atoms with Gasteiger partial charge in [-0.2, -0.15) is 0 Å². The molecular weight excluding hydrogens is 339 g/mol. The number of carbonyl (C=O) groups is 1. The molecule has 0 unspecified atom stereocenters. The Hall–Kier alpha value is -2.28. The SMILES string of the molecule is NC(=O)c1ccc(-c2cnc3ncc(Br)n3c2)cc1CF. The average Bonchev–Trinajstić information content (AvgIpc) is 2.87. The summed E-state index contributed by atoms with van der Waals surface area (Å²) in [6, 6.07) is 4.85. The number of hydrogen-bond donors (Lipinski definition) is 1. The molecule has 0 bridgehead atoms. The third kappa shape index (κ3) is 2.40. The summed E-state index contributed by atoms with van der Waals surface area (Å²) in [6.45, 7) is -0.753. The van der Waals surface area contributed by atoms with Crippen LogP contribution in [0.25, 0.3) is 16.9 Å². The van der Waals surface area contributed by atoms with Crippen LogP contribution in [0.3, 0.4) is 0 Å². The number of primary amides is 1. The lowest BCUT2D eigenvalue weighted by Gasteiger charge is -2.07. The molecule has 1 aromatic carbocycles. The smallest absolute Gasteiger partial charge is 0.249 e. The first kappa shape index (κ1) is 13.7. The van der Waals surface area contributed by atoms with Gasteiger partial charge < -0.3 is 5.73 Å². The van der Waals surface area contributed by atoms with Crippen LogP contribution < -0.4 is 5.73 Å². The maximum absolute atomic E-state index is 13.1. The van der Waals surface area contributed by atoms with E-state index in [1.807, 2.05) is 6.20 Å². The van der Waals surface area contributed by atoms with Crippen molar-refractivity contribution in [2.75, 3.05) is 0 Å². The Balaban J connectivity index is 2.13. The molecule has 0 spiro atoms. The van der Waals surface area contributed by atoms with Crippen molar-refractivity contribution >= 4 is 27.6 Å². The summed E-state index contributed by atoms with van der Waals surface area (Å²) in [7, 11) is 0. The number of hydrogen-bond acceptors (Lipinski definition) is 3. The van der Waals surface area contributed by atoms with Gasteiger partial charge in [0.2, 0.25) is 11.7 Å². The van der Waals surface area contributed by atoms with E-state index in [1.54, 1.807) is 28.9 Å². The van der Waals surface area contributed by atoms with Crippen LogP contribution in [-0.2, 0) is 6.67 Å². The minimum absolute atomic E-state index is 0.194.